The largest absolute Gasteiger partial charge is 0.362 e. The van der Waals surface area contributed by atoms with Gasteiger partial charge in [0.25, 0.3) is 11.8 Å². The second-order valence-electron chi connectivity index (χ2n) is 3.05. The standard InChI is InChI=1S/C9H12N2O3/c10-4-2-1-3-5-11-8(12)6-14-7-9(11)13/h1-3,5-7H2. The molecule has 0 aromatic rings. The number of imide groups is 1. The molecule has 0 aromatic heterocycles. The average molecular weight is 196 g/mol. The van der Waals surface area contributed by atoms with Crippen molar-refractivity contribution in [3.8, 4) is 6.07 Å². The van der Waals surface area contributed by atoms with Crippen molar-refractivity contribution in [2.75, 3.05) is 19.8 Å². The molecule has 0 unspecified atom stereocenters. The maximum atomic E-state index is 11.2. The number of nitrogens with zero attached hydrogens (tertiary/aromatic N) is 2. The molecule has 1 fully saturated rings. The number of unbranched alkanes of at least 4 members (excludes halogenated alkanes) is 2. The van der Waals surface area contributed by atoms with E-state index in [-0.39, 0.29) is 25.0 Å². The Labute approximate surface area is 82.2 Å². The van der Waals surface area contributed by atoms with E-state index in [4.69, 9.17) is 10.00 Å². The molecule has 0 aromatic carbocycles. The van der Waals surface area contributed by atoms with Crippen molar-refractivity contribution >= 4 is 11.8 Å². The molecule has 1 saturated heterocycles. The van der Waals surface area contributed by atoms with E-state index in [0.29, 0.717) is 25.8 Å². The van der Waals surface area contributed by atoms with E-state index < -0.39 is 0 Å². The minimum Gasteiger partial charge on any atom is -0.362 e. The van der Waals surface area contributed by atoms with Crippen LogP contribution in [0.1, 0.15) is 19.3 Å². The first-order valence-corrected chi connectivity index (χ1v) is 4.53. The number of hydrogen-bond acceptors (Lipinski definition) is 4. The van der Waals surface area contributed by atoms with Crippen LogP contribution in [0.4, 0.5) is 0 Å². The van der Waals surface area contributed by atoms with Gasteiger partial charge < -0.3 is 4.74 Å². The Morgan fingerprint density at radius 2 is 1.93 bits per heavy atom. The second kappa shape index (κ2) is 5.35. The monoisotopic (exact) mass is 196 g/mol. The molecule has 1 heterocycles. The SMILES string of the molecule is N#CCCCCN1C(=O)COCC1=O. The van der Waals surface area contributed by atoms with Crippen LogP contribution in [0.25, 0.3) is 0 Å². The number of carbonyl (C=O) groups is 2. The van der Waals surface area contributed by atoms with Crippen LogP contribution < -0.4 is 0 Å². The quantitative estimate of drug-likeness (QED) is 0.471. The third-order valence-electron chi connectivity index (χ3n) is 1.97. The van der Waals surface area contributed by atoms with Gasteiger partial charge in [-0.25, -0.2) is 0 Å². The van der Waals surface area contributed by atoms with Gasteiger partial charge in [-0.15, -0.1) is 0 Å². The Hall–Kier alpha value is -1.41. The number of nitriles is 1. The predicted octanol–water partition coefficient (Wildman–Crippen LogP) is 0.0657. The first kappa shape index (κ1) is 10.7. The summed E-state index contributed by atoms with van der Waals surface area (Å²) in [6.45, 7) is 0.386. The highest BCUT2D eigenvalue weighted by Crippen LogP contribution is 2.04. The van der Waals surface area contributed by atoms with Gasteiger partial charge in [-0.3, -0.25) is 14.5 Å². The third kappa shape index (κ3) is 2.82. The number of rotatable bonds is 4. The van der Waals surface area contributed by atoms with Crippen LogP contribution in [0.3, 0.4) is 0 Å². The first-order chi connectivity index (χ1) is 6.75. The smallest absolute Gasteiger partial charge is 0.255 e. The lowest BCUT2D eigenvalue weighted by molar-refractivity contribution is -0.158. The van der Waals surface area contributed by atoms with Gasteiger partial charge in [0.1, 0.15) is 13.2 Å². The molecule has 2 amide bonds. The molecule has 1 aliphatic rings. The molecule has 5 nitrogen and oxygen atoms in total. The molecule has 5 heteroatoms. The molecule has 14 heavy (non-hydrogen) atoms. The van der Waals surface area contributed by atoms with E-state index >= 15 is 0 Å². The van der Waals surface area contributed by atoms with Crippen molar-refractivity contribution in [2.24, 2.45) is 0 Å². The number of ether oxygens (including phenoxy) is 1. The Bertz CT molecular complexity index is 254. The molecular formula is C9H12N2O3. The van der Waals surface area contributed by atoms with Crippen LogP contribution in [0.5, 0.6) is 0 Å². The minimum absolute atomic E-state index is 0.00993. The molecule has 0 radical (unpaired) electrons. The highest BCUT2D eigenvalue weighted by molar-refractivity contribution is 5.98. The molecule has 1 rings (SSSR count). The summed E-state index contributed by atoms with van der Waals surface area (Å²) in [5.74, 6) is -0.559. The summed E-state index contributed by atoms with van der Waals surface area (Å²) in [5, 5.41) is 8.29. The van der Waals surface area contributed by atoms with Crippen molar-refractivity contribution in [1.82, 2.24) is 4.90 Å². The summed E-state index contributed by atoms with van der Waals surface area (Å²) in [6, 6.07) is 2.01. The van der Waals surface area contributed by atoms with Gasteiger partial charge in [0.05, 0.1) is 6.07 Å². The average Bonchev–Trinajstić information content (AvgIpc) is 2.16. The number of hydrogen-bond donors (Lipinski definition) is 0. The van der Waals surface area contributed by atoms with Crippen molar-refractivity contribution < 1.29 is 14.3 Å². The lowest BCUT2D eigenvalue weighted by Gasteiger charge is -2.24. The molecule has 0 atom stereocenters. The van der Waals surface area contributed by atoms with Gasteiger partial charge in [0, 0.05) is 13.0 Å². The molecule has 0 saturated carbocycles. The zero-order valence-corrected chi connectivity index (χ0v) is 7.86. The van der Waals surface area contributed by atoms with Gasteiger partial charge in [-0.05, 0) is 12.8 Å². The number of carbonyl (C=O) groups excluding carboxylic acids is 2. The minimum atomic E-state index is -0.279. The Morgan fingerprint density at radius 1 is 1.29 bits per heavy atom. The van der Waals surface area contributed by atoms with Gasteiger partial charge >= 0.3 is 0 Å². The fraction of sp³-hybridized carbons (Fsp3) is 0.667. The molecule has 1 aliphatic heterocycles. The van der Waals surface area contributed by atoms with E-state index in [0.717, 1.165) is 0 Å². The summed E-state index contributed by atoms with van der Waals surface area (Å²) in [6.07, 6.45) is 1.87. The fourth-order valence-electron chi connectivity index (χ4n) is 1.24. The molecule has 0 bridgehead atoms. The lowest BCUT2D eigenvalue weighted by atomic mass is 10.2. The van der Waals surface area contributed by atoms with Crippen LogP contribution in [-0.2, 0) is 14.3 Å². The molecule has 0 spiro atoms. The van der Waals surface area contributed by atoms with Gasteiger partial charge in [0.15, 0.2) is 0 Å². The highest BCUT2D eigenvalue weighted by Gasteiger charge is 2.25. The van der Waals surface area contributed by atoms with Crippen LogP contribution in [0, 0.1) is 11.3 Å². The van der Waals surface area contributed by atoms with E-state index in [1.54, 1.807) is 0 Å². The highest BCUT2D eigenvalue weighted by atomic mass is 16.5. The number of morpholine rings is 1. The summed E-state index contributed by atoms with van der Waals surface area (Å²) in [4.78, 5) is 23.6. The van der Waals surface area contributed by atoms with Crippen LogP contribution in [-0.4, -0.2) is 36.5 Å². The number of amides is 2. The molecule has 76 valence electrons. The van der Waals surface area contributed by atoms with Crippen molar-refractivity contribution in [1.29, 1.82) is 5.26 Å². The van der Waals surface area contributed by atoms with Crippen molar-refractivity contribution in [3.05, 3.63) is 0 Å². The van der Waals surface area contributed by atoms with E-state index in [2.05, 4.69) is 0 Å². The summed E-state index contributed by atoms with van der Waals surface area (Å²) in [7, 11) is 0. The van der Waals surface area contributed by atoms with E-state index in [1.807, 2.05) is 6.07 Å². The Balaban J connectivity index is 2.30. The van der Waals surface area contributed by atoms with Crippen molar-refractivity contribution in [2.45, 2.75) is 19.3 Å². The fourth-order valence-corrected chi connectivity index (χ4v) is 1.24. The van der Waals surface area contributed by atoms with Gasteiger partial charge in [-0.2, -0.15) is 5.26 Å². The van der Waals surface area contributed by atoms with Gasteiger partial charge in [0.2, 0.25) is 0 Å². The second-order valence-corrected chi connectivity index (χ2v) is 3.05. The summed E-state index contributed by atoms with van der Waals surface area (Å²) >= 11 is 0. The third-order valence-corrected chi connectivity index (χ3v) is 1.97. The normalized spacial score (nSPS) is 16.9. The topological polar surface area (TPSA) is 70.4 Å². The van der Waals surface area contributed by atoms with E-state index in [1.165, 1.54) is 4.90 Å². The summed E-state index contributed by atoms with van der Waals surface area (Å²) in [5.41, 5.74) is 0. The molecular weight excluding hydrogens is 184 g/mol. The van der Waals surface area contributed by atoms with Crippen LogP contribution in [0.2, 0.25) is 0 Å². The maximum Gasteiger partial charge on any atom is 0.255 e. The van der Waals surface area contributed by atoms with Gasteiger partial charge in [-0.1, -0.05) is 0 Å². The zero-order valence-electron chi connectivity index (χ0n) is 7.86. The summed E-state index contributed by atoms with van der Waals surface area (Å²) < 4.78 is 4.76. The maximum absolute atomic E-state index is 11.2. The van der Waals surface area contributed by atoms with Crippen LogP contribution >= 0.6 is 0 Å². The molecule has 0 aliphatic carbocycles. The van der Waals surface area contributed by atoms with E-state index in [9.17, 15) is 9.59 Å². The molecule has 0 N–H and O–H groups in total. The zero-order chi connectivity index (χ0) is 10.4. The van der Waals surface area contributed by atoms with Crippen LogP contribution in [0.15, 0.2) is 0 Å². The predicted molar refractivity (Wildman–Crippen MR) is 47.0 cm³/mol. The Morgan fingerprint density at radius 3 is 2.50 bits per heavy atom. The van der Waals surface area contributed by atoms with Crippen molar-refractivity contribution in [3.63, 3.8) is 0 Å². The Kier molecular flexibility index (Phi) is 4.08. The first-order valence-electron chi connectivity index (χ1n) is 4.53. The lowest BCUT2D eigenvalue weighted by Crippen LogP contribution is -2.46.